The summed E-state index contributed by atoms with van der Waals surface area (Å²) in [6.45, 7) is 4.53. The molecule has 1 aromatic heterocycles. The third-order valence-corrected chi connectivity index (χ3v) is 4.96. The average Bonchev–Trinajstić information content (AvgIpc) is 2.95. The van der Waals surface area contributed by atoms with E-state index in [2.05, 4.69) is 79.5 Å². The Balaban J connectivity index is 1.94. The maximum atomic E-state index is 3.74. The Bertz CT molecular complexity index is 795. The Morgan fingerprint density at radius 1 is 0.609 bits per heavy atom. The van der Waals surface area contributed by atoms with Gasteiger partial charge in [-0.1, -0.05) is 71.8 Å². The van der Waals surface area contributed by atoms with E-state index in [0.717, 1.165) is 12.8 Å². The number of allylic oxidation sites excluding steroid dienone is 2. The van der Waals surface area contributed by atoms with Gasteiger partial charge in [-0.2, -0.15) is 0 Å². The lowest BCUT2D eigenvalue weighted by Gasteiger charge is -2.18. The third kappa shape index (κ3) is 2.43. The number of hydrogen-bond donors (Lipinski definition) is 1. The van der Waals surface area contributed by atoms with Gasteiger partial charge < -0.3 is 4.98 Å². The predicted octanol–water partition coefficient (Wildman–Crippen LogP) is 5.78. The minimum Gasteiger partial charge on any atom is -0.354 e. The van der Waals surface area contributed by atoms with Crippen molar-refractivity contribution in [2.75, 3.05) is 0 Å². The van der Waals surface area contributed by atoms with Gasteiger partial charge in [0.05, 0.1) is 0 Å². The van der Waals surface area contributed by atoms with E-state index in [4.69, 9.17) is 0 Å². The number of hydrogen-bond acceptors (Lipinski definition) is 0. The van der Waals surface area contributed by atoms with E-state index in [-0.39, 0.29) is 0 Å². The average molecular weight is 299 g/mol. The Labute approximate surface area is 137 Å². The molecule has 0 amide bonds. The summed E-state index contributed by atoms with van der Waals surface area (Å²) >= 11 is 0. The predicted molar refractivity (Wildman–Crippen MR) is 97.4 cm³/mol. The van der Waals surface area contributed by atoms with Gasteiger partial charge in [-0.05, 0) is 48.9 Å². The maximum absolute atomic E-state index is 3.74. The van der Waals surface area contributed by atoms with Crippen LogP contribution in [0.4, 0.5) is 0 Å². The number of H-pyrrole nitrogens is 1. The summed E-state index contributed by atoms with van der Waals surface area (Å²) in [5.74, 6) is 0. The van der Waals surface area contributed by atoms with E-state index in [1.54, 1.807) is 0 Å². The van der Waals surface area contributed by atoms with Crippen LogP contribution in [0.5, 0.6) is 0 Å². The molecule has 1 heterocycles. The lowest BCUT2D eigenvalue weighted by Crippen LogP contribution is -2.05. The summed E-state index contributed by atoms with van der Waals surface area (Å²) in [5.41, 5.74) is 11.1. The molecule has 1 aliphatic rings. The quantitative estimate of drug-likeness (QED) is 0.577. The van der Waals surface area contributed by atoms with Crippen LogP contribution in [0, 0.1) is 0 Å². The molecule has 0 bridgehead atoms. The first-order valence-electron chi connectivity index (χ1n) is 8.24. The Hall–Kier alpha value is -2.54. The van der Waals surface area contributed by atoms with E-state index >= 15 is 0 Å². The highest BCUT2D eigenvalue weighted by Crippen LogP contribution is 2.39. The molecule has 4 rings (SSSR count). The van der Waals surface area contributed by atoms with Gasteiger partial charge in [-0.25, -0.2) is 0 Å². The van der Waals surface area contributed by atoms with Gasteiger partial charge in [-0.15, -0.1) is 0 Å². The largest absolute Gasteiger partial charge is 0.354 e. The van der Waals surface area contributed by atoms with Crippen LogP contribution >= 0.6 is 0 Å². The van der Waals surface area contributed by atoms with Gasteiger partial charge in [0.15, 0.2) is 0 Å². The fourth-order valence-electron chi connectivity index (χ4n) is 3.50. The molecular formula is C22H21N. The fourth-order valence-corrected chi connectivity index (χ4v) is 3.50. The molecule has 0 unspecified atom stereocenters. The van der Waals surface area contributed by atoms with Crippen molar-refractivity contribution >= 4 is 0 Å². The number of aromatic amines is 1. The zero-order valence-electron chi connectivity index (χ0n) is 13.7. The SMILES string of the molecule is CC1=C(C)Cc2c(-c3ccccc3)[nH]c(-c3ccccc3)c2C1. The molecule has 0 fully saturated rings. The first-order valence-corrected chi connectivity index (χ1v) is 8.24. The van der Waals surface area contributed by atoms with E-state index in [1.807, 2.05) is 0 Å². The molecule has 1 heteroatoms. The van der Waals surface area contributed by atoms with Gasteiger partial charge in [0.1, 0.15) is 0 Å². The molecule has 0 spiro atoms. The summed E-state index contributed by atoms with van der Waals surface area (Å²) in [6, 6.07) is 21.4. The molecule has 1 aliphatic carbocycles. The minimum atomic E-state index is 1.05. The van der Waals surface area contributed by atoms with Crippen LogP contribution in [0.2, 0.25) is 0 Å². The van der Waals surface area contributed by atoms with E-state index in [9.17, 15) is 0 Å². The Morgan fingerprint density at radius 2 is 1.00 bits per heavy atom. The third-order valence-electron chi connectivity index (χ3n) is 4.96. The number of nitrogens with one attached hydrogen (secondary N) is 1. The van der Waals surface area contributed by atoms with Gasteiger partial charge in [0.25, 0.3) is 0 Å². The molecule has 0 aliphatic heterocycles. The van der Waals surface area contributed by atoms with Crippen molar-refractivity contribution < 1.29 is 0 Å². The molecule has 0 radical (unpaired) electrons. The van der Waals surface area contributed by atoms with Crippen molar-refractivity contribution in [1.29, 1.82) is 0 Å². The van der Waals surface area contributed by atoms with Gasteiger partial charge in [0.2, 0.25) is 0 Å². The first kappa shape index (κ1) is 14.1. The number of aromatic nitrogens is 1. The second kappa shape index (κ2) is 5.58. The van der Waals surface area contributed by atoms with Gasteiger partial charge in [0, 0.05) is 11.4 Å². The molecule has 114 valence electrons. The first-order chi connectivity index (χ1) is 11.2. The maximum Gasteiger partial charge on any atom is 0.0497 e. The van der Waals surface area contributed by atoms with Crippen molar-refractivity contribution in [3.8, 4) is 22.5 Å². The molecule has 23 heavy (non-hydrogen) atoms. The van der Waals surface area contributed by atoms with Crippen LogP contribution in [0.3, 0.4) is 0 Å². The molecule has 1 nitrogen and oxygen atoms in total. The van der Waals surface area contributed by atoms with Crippen molar-refractivity contribution in [3.63, 3.8) is 0 Å². The second-order valence-corrected chi connectivity index (χ2v) is 6.48. The normalized spacial score (nSPS) is 14.0. The molecule has 1 N–H and O–H groups in total. The topological polar surface area (TPSA) is 15.8 Å². The fraction of sp³-hybridized carbons (Fsp3) is 0.182. The molecule has 0 saturated heterocycles. The van der Waals surface area contributed by atoms with Crippen LogP contribution < -0.4 is 0 Å². The molecule has 0 atom stereocenters. The van der Waals surface area contributed by atoms with Crippen LogP contribution in [0.25, 0.3) is 22.5 Å². The summed E-state index contributed by atoms with van der Waals surface area (Å²) in [7, 11) is 0. The summed E-state index contributed by atoms with van der Waals surface area (Å²) in [5, 5.41) is 0. The van der Waals surface area contributed by atoms with E-state index in [0.29, 0.717) is 0 Å². The zero-order chi connectivity index (χ0) is 15.8. The summed E-state index contributed by atoms with van der Waals surface area (Å²) in [6.07, 6.45) is 2.10. The smallest absolute Gasteiger partial charge is 0.0497 e. The van der Waals surface area contributed by atoms with Crippen molar-refractivity contribution in [2.24, 2.45) is 0 Å². The van der Waals surface area contributed by atoms with Crippen LogP contribution in [0.15, 0.2) is 71.8 Å². The zero-order valence-corrected chi connectivity index (χ0v) is 13.7. The van der Waals surface area contributed by atoms with Crippen LogP contribution in [-0.4, -0.2) is 4.98 Å². The summed E-state index contributed by atoms with van der Waals surface area (Å²) < 4.78 is 0. The monoisotopic (exact) mass is 299 g/mol. The standard InChI is InChI=1S/C22H21N/c1-15-13-19-20(14-16(15)2)22(18-11-7-4-8-12-18)23-21(19)17-9-5-3-6-10-17/h3-12,23H,13-14H2,1-2H3. The van der Waals surface area contributed by atoms with Crippen molar-refractivity contribution in [3.05, 3.63) is 82.9 Å². The minimum absolute atomic E-state index is 1.05. The van der Waals surface area contributed by atoms with E-state index < -0.39 is 0 Å². The van der Waals surface area contributed by atoms with Crippen LogP contribution in [-0.2, 0) is 12.8 Å². The Kier molecular flexibility index (Phi) is 3.42. The van der Waals surface area contributed by atoms with Gasteiger partial charge in [-0.3, -0.25) is 0 Å². The number of benzene rings is 2. The van der Waals surface area contributed by atoms with Crippen LogP contribution in [0.1, 0.15) is 25.0 Å². The van der Waals surface area contributed by atoms with Crippen molar-refractivity contribution in [2.45, 2.75) is 26.7 Å². The highest BCUT2D eigenvalue weighted by atomic mass is 14.7. The Morgan fingerprint density at radius 3 is 1.39 bits per heavy atom. The highest BCUT2D eigenvalue weighted by molar-refractivity contribution is 5.77. The van der Waals surface area contributed by atoms with Gasteiger partial charge >= 0.3 is 0 Å². The molecule has 2 aromatic carbocycles. The number of rotatable bonds is 2. The summed E-state index contributed by atoms with van der Waals surface area (Å²) in [4.78, 5) is 3.74. The molecule has 3 aromatic rings. The van der Waals surface area contributed by atoms with E-state index in [1.165, 1.54) is 44.8 Å². The number of fused-ring (bicyclic) bond motifs is 1. The lowest BCUT2D eigenvalue weighted by molar-refractivity contribution is 0.966. The second-order valence-electron chi connectivity index (χ2n) is 6.48. The van der Waals surface area contributed by atoms with Crippen molar-refractivity contribution in [1.82, 2.24) is 4.98 Å². The lowest BCUT2D eigenvalue weighted by atomic mass is 9.86. The molecule has 0 saturated carbocycles. The molecular weight excluding hydrogens is 278 g/mol. The highest BCUT2D eigenvalue weighted by Gasteiger charge is 2.23.